The van der Waals surface area contributed by atoms with E-state index in [0.717, 1.165) is 23.8 Å². The molecule has 3 atom stereocenters. The molecule has 2 aromatic heterocycles. The van der Waals surface area contributed by atoms with Crippen molar-refractivity contribution >= 4 is 22.8 Å². The molecular weight excluding hydrogens is 348 g/mol. The van der Waals surface area contributed by atoms with Crippen LogP contribution in [0.25, 0.3) is 11.0 Å². The molecule has 140 valence electrons. The average Bonchev–Trinajstić information content (AvgIpc) is 2.88. The molecule has 3 unspecified atom stereocenters. The molecule has 1 aliphatic heterocycles. The number of rotatable bonds is 2. The largest absolute Gasteiger partial charge is 0.383 e. The normalized spacial score (nSPS) is 25.4. The summed E-state index contributed by atoms with van der Waals surface area (Å²) in [6.07, 6.45) is 21.4. The quantitative estimate of drug-likeness (QED) is 0.751. The molecule has 2 aromatic rings. The minimum Gasteiger partial charge on any atom is -0.383 e. The van der Waals surface area contributed by atoms with Gasteiger partial charge in [0.25, 0.3) is 0 Å². The first-order chi connectivity index (χ1) is 13.7. The zero-order valence-corrected chi connectivity index (χ0v) is 15.4. The molecular formula is C22H22N6. The number of nitrogens with zero attached hydrogens (tertiary/aromatic N) is 3. The Balaban J connectivity index is 1.43. The van der Waals surface area contributed by atoms with Crippen LogP contribution in [-0.4, -0.2) is 21.0 Å². The SMILES string of the molecule is Nc1nc(N)c2cc(CC3C=CC=C4NC5C=CC=CC5=CCC43)cnc2n1. The Morgan fingerprint density at radius 2 is 2.04 bits per heavy atom. The third-order valence-corrected chi connectivity index (χ3v) is 5.67. The van der Waals surface area contributed by atoms with Crippen LogP contribution < -0.4 is 16.8 Å². The van der Waals surface area contributed by atoms with Gasteiger partial charge in [0.05, 0.1) is 11.4 Å². The van der Waals surface area contributed by atoms with Crippen LogP contribution in [0.4, 0.5) is 11.8 Å². The molecule has 0 bridgehead atoms. The Morgan fingerprint density at radius 3 is 2.96 bits per heavy atom. The molecule has 0 radical (unpaired) electrons. The van der Waals surface area contributed by atoms with Gasteiger partial charge >= 0.3 is 0 Å². The van der Waals surface area contributed by atoms with Crippen LogP contribution in [-0.2, 0) is 6.42 Å². The Labute approximate surface area is 163 Å². The maximum Gasteiger partial charge on any atom is 0.224 e. The third kappa shape index (κ3) is 2.97. The average molecular weight is 370 g/mol. The lowest BCUT2D eigenvalue weighted by molar-refractivity contribution is 0.427. The van der Waals surface area contributed by atoms with Crippen molar-refractivity contribution in [1.29, 1.82) is 0 Å². The number of pyridine rings is 1. The monoisotopic (exact) mass is 370 g/mol. The second kappa shape index (κ2) is 6.64. The summed E-state index contributed by atoms with van der Waals surface area (Å²) in [6, 6.07) is 2.30. The summed E-state index contributed by atoms with van der Waals surface area (Å²) in [5.41, 5.74) is 16.0. The van der Waals surface area contributed by atoms with Gasteiger partial charge in [0.15, 0.2) is 5.65 Å². The molecule has 0 saturated carbocycles. The van der Waals surface area contributed by atoms with Gasteiger partial charge in [-0.3, -0.25) is 0 Å². The highest BCUT2D eigenvalue weighted by molar-refractivity contribution is 5.86. The van der Waals surface area contributed by atoms with E-state index in [2.05, 4.69) is 68.9 Å². The number of aromatic nitrogens is 3. The van der Waals surface area contributed by atoms with Crippen molar-refractivity contribution in [1.82, 2.24) is 20.3 Å². The summed E-state index contributed by atoms with van der Waals surface area (Å²) in [4.78, 5) is 12.7. The van der Waals surface area contributed by atoms with Gasteiger partial charge in [0, 0.05) is 17.8 Å². The maximum atomic E-state index is 6.03. The minimum absolute atomic E-state index is 0.150. The number of nitrogens with one attached hydrogen (secondary N) is 1. The maximum absolute atomic E-state index is 6.03. The Morgan fingerprint density at radius 1 is 1.11 bits per heavy atom. The predicted molar refractivity (Wildman–Crippen MR) is 112 cm³/mol. The van der Waals surface area contributed by atoms with E-state index in [1.807, 2.05) is 12.3 Å². The highest BCUT2D eigenvalue weighted by Crippen LogP contribution is 2.35. The van der Waals surface area contributed by atoms with Crippen LogP contribution in [0.5, 0.6) is 0 Å². The minimum atomic E-state index is 0.150. The number of nitrogens with two attached hydrogens (primary N) is 2. The topological polar surface area (TPSA) is 103 Å². The molecule has 0 amide bonds. The number of hydrogen-bond acceptors (Lipinski definition) is 6. The molecule has 2 aliphatic carbocycles. The Hall–Kier alpha value is -3.41. The van der Waals surface area contributed by atoms with E-state index in [9.17, 15) is 0 Å². The van der Waals surface area contributed by atoms with Crippen LogP contribution in [0, 0.1) is 11.8 Å². The molecule has 0 spiro atoms. The number of fused-ring (bicyclic) bond motifs is 3. The van der Waals surface area contributed by atoms with Gasteiger partial charge < -0.3 is 16.8 Å². The Bertz CT molecular complexity index is 1090. The molecule has 5 rings (SSSR count). The lowest BCUT2D eigenvalue weighted by atomic mass is 9.80. The summed E-state index contributed by atoms with van der Waals surface area (Å²) < 4.78 is 0. The number of allylic oxidation sites excluding steroid dienone is 7. The lowest BCUT2D eigenvalue weighted by Crippen LogP contribution is -2.33. The van der Waals surface area contributed by atoms with Gasteiger partial charge in [-0.05, 0) is 42.0 Å². The van der Waals surface area contributed by atoms with Crippen molar-refractivity contribution in [2.45, 2.75) is 18.9 Å². The van der Waals surface area contributed by atoms with Crippen molar-refractivity contribution in [3.63, 3.8) is 0 Å². The van der Waals surface area contributed by atoms with Crippen LogP contribution in [0.2, 0.25) is 0 Å². The molecule has 3 heterocycles. The van der Waals surface area contributed by atoms with Gasteiger partial charge in [0.2, 0.25) is 5.95 Å². The van der Waals surface area contributed by atoms with Crippen LogP contribution >= 0.6 is 0 Å². The fourth-order valence-corrected chi connectivity index (χ4v) is 4.26. The van der Waals surface area contributed by atoms with E-state index < -0.39 is 0 Å². The van der Waals surface area contributed by atoms with Gasteiger partial charge in [-0.15, -0.1) is 0 Å². The van der Waals surface area contributed by atoms with Gasteiger partial charge in [-0.2, -0.15) is 9.97 Å². The van der Waals surface area contributed by atoms with E-state index >= 15 is 0 Å². The smallest absolute Gasteiger partial charge is 0.224 e. The molecule has 5 N–H and O–H groups in total. The fraction of sp³-hybridized carbons (Fsp3) is 0.227. The molecule has 6 nitrogen and oxygen atoms in total. The number of anilines is 2. The predicted octanol–water partition coefficient (Wildman–Crippen LogP) is 2.83. The zero-order chi connectivity index (χ0) is 19.1. The second-order valence-electron chi connectivity index (χ2n) is 7.47. The van der Waals surface area contributed by atoms with Crippen molar-refractivity contribution < 1.29 is 0 Å². The summed E-state index contributed by atoms with van der Waals surface area (Å²) in [7, 11) is 0. The zero-order valence-electron chi connectivity index (χ0n) is 15.4. The first-order valence-corrected chi connectivity index (χ1v) is 9.55. The van der Waals surface area contributed by atoms with E-state index in [4.69, 9.17) is 11.5 Å². The van der Waals surface area contributed by atoms with Gasteiger partial charge in [0.1, 0.15) is 5.82 Å². The molecule has 28 heavy (non-hydrogen) atoms. The fourth-order valence-electron chi connectivity index (χ4n) is 4.26. The summed E-state index contributed by atoms with van der Waals surface area (Å²) >= 11 is 0. The Kier molecular flexibility index (Phi) is 3.97. The highest BCUT2D eigenvalue weighted by Gasteiger charge is 2.29. The molecule has 6 heteroatoms. The third-order valence-electron chi connectivity index (χ3n) is 5.67. The highest BCUT2D eigenvalue weighted by atomic mass is 15.1. The first-order valence-electron chi connectivity index (χ1n) is 9.55. The van der Waals surface area contributed by atoms with Crippen LogP contribution in [0.1, 0.15) is 12.0 Å². The van der Waals surface area contributed by atoms with Crippen molar-refractivity contribution in [3.05, 3.63) is 77.7 Å². The lowest BCUT2D eigenvalue weighted by Gasteiger charge is -2.30. The summed E-state index contributed by atoms with van der Waals surface area (Å²) in [5.74, 6) is 1.32. The van der Waals surface area contributed by atoms with Crippen LogP contribution in [0.15, 0.2) is 72.1 Å². The van der Waals surface area contributed by atoms with E-state index in [0.29, 0.717) is 23.3 Å². The van der Waals surface area contributed by atoms with Crippen molar-refractivity contribution in [2.24, 2.45) is 11.8 Å². The van der Waals surface area contributed by atoms with E-state index in [1.54, 1.807) is 0 Å². The van der Waals surface area contributed by atoms with Crippen LogP contribution in [0.3, 0.4) is 0 Å². The van der Waals surface area contributed by atoms with Gasteiger partial charge in [-0.1, -0.05) is 42.5 Å². The number of nitrogen functional groups attached to an aromatic ring is 2. The molecule has 0 fully saturated rings. The summed E-state index contributed by atoms with van der Waals surface area (Å²) in [6.45, 7) is 0. The first kappa shape index (κ1) is 16.7. The van der Waals surface area contributed by atoms with E-state index in [1.165, 1.54) is 11.3 Å². The molecule has 0 saturated heterocycles. The van der Waals surface area contributed by atoms with E-state index in [-0.39, 0.29) is 12.0 Å². The van der Waals surface area contributed by atoms with Crippen molar-refractivity contribution in [2.75, 3.05) is 11.5 Å². The molecule has 3 aliphatic rings. The van der Waals surface area contributed by atoms with Crippen molar-refractivity contribution in [3.8, 4) is 0 Å². The summed E-state index contributed by atoms with van der Waals surface area (Å²) in [5, 5.41) is 4.47. The molecule has 0 aromatic carbocycles. The number of hydrogen-bond donors (Lipinski definition) is 3. The standard InChI is InChI=1S/C22H22N6/c23-20-17-11-13(12-25-21(17)28-22(24)27-20)10-15-5-3-7-19-16(15)9-8-14-4-1-2-6-18(14)26-19/h1-8,11-12,15-16,18,26H,9-10H2,(H4,23,24,25,27,28). The van der Waals surface area contributed by atoms with Gasteiger partial charge in [-0.25, -0.2) is 4.98 Å². The second-order valence-corrected chi connectivity index (χ2v) is 7.47.